The smallest absolute Gasteiger partial charge is 0.240 e. The quantitative estimate of drug-likeness (QED) is 0.700. The van der Waals surface area contributed by atoms with Gasteiger partial charge in [-0.2, -0.15) is 0 Å². The molecule has 9 heteroatoms. The van der Waals surface area contributed by atoms with Crippen LogP contribution in [0.5, 0.6) is 11.5 Å². The second kappa shape index (κ2) is 9.43. The molecule has 2 aromatic carbocycles. The van der Waals surface area contributed by atoms with Gasteiger partial charge in [-0.25, -0.2) is 17.5 Å². The summed E-state index contributed by atoms with van der Waals surface area (Å²) in [7, 11) is -0.669. The molecular weight excluding hydrogens is 397 g/mol. The fraction of sp³-hybridized carbons (Fsp3) is 0.400. The summed E-state index contributed by atoms with van der Waals surface area (Å²) in [6.45, 7) is 4.18. The van der Waals surface area contributed by atoms with Crippen molar-refractivity contribution in [3.8, 4) is 11.5 Å². The lowest BCUT2D eigenvalue weighted by Crippen LogP contribution is -2.48. The predicted octanol–water partition coefficient (Wildman–Crippen LogP) is 1.94. The van der Waals surface area contributed by atoms with E-state index < -0.39 is 10.0 Å². The van der Waals surface area contributed by atoms with Gasteiger partial charge >= 0.3 is 0 Å². The van der Waals surface area contributed by atoms with Gasteiger partial charge in [0.1, 0.15) is 5.82 Å². The molecule has 0 atom stereocenters. The summed E-state index contributed by atoms with van der Waals surface area (Å²) in [6.07, 6.45) is 0. The second-order valence-electron chi connectivity index (χ2n) is 6.72. The maximum atomic E-state index is 13.1. The molecule has 0 spiro atoms. The number of hydrogen-bond donors (Lipinski definition) is 1. The predicted molar refractivity (Wildman–Crippen MR) is 110 cm³/mol. The zero-order chi connectivity index (χ0) is 20.9. The molecule has 1 aliphatic rings. The summed E-state index contributed by atoms with van der Waals surface area (Å²) >= 11 is 0. The third-order valence-corrected chi connectivity index (χ3v) is 6.41. The van der Waals surface area contributed by atoms with E-state index in [1.54, 1.807) is 18.2 Å². The van der Waals surface area contributed by atoms with Crippen LogP contribution in [0, 0.1) is 5.82 Å². The minimum absolute atomic E-state index is 0.135. The number of nitrogens with zero attached hydrogens (tertiary/aromatic N) is 2. The highest BCUT2D eigenvalue weighted by Gasteiger charge is 2.20. The summed E-state index contributed by atoms with van der Waals surface area (Å²) in [5, 5.41) is 0. The molecule has 3 rings (SSSR count). The summed E-state index contributed by atoms with van der Waals surface area (Å²) in [6, 6.07) is 11.0. The standard InChI is InChI=1S/C20H26FN3O4S/c1-27-19-8-7-18(15-20(19)28-2)29(25,26)22-9-10-23-11-13-24(14-12-23)17-5-3-16(21)4-6-17/h3-8,15,22H,9-14H2,1-2H3. The summed E-state index contributed by atoms with van der Waals surface area (Å²) in [4.78, 5) is 4.54. The Balaban J connectivity index is 1.49. The Bertz CT molecular complexity index is 914. The van der Waals surface area contributed by atoms with E-state index in [2.05, 4.69) is 14.5 Å². The van der Waals surface area contributed by atoms with Gasteiger partial charge in [-0.1, -0.05) is 0 Å². The SMILES string of the molecule is COc1ccc(S(=O)(=O)NCCN2CCN(c3ccc(F)cc3)CC2)cc1OC. The van der Waals surface area contributed by atoms with Gasteiger partial charge < -0.3 is 14.4 Å². The van der Waals surface area contributed by atoms with Gasteiger partial charge in [-0.3, -0.25) is 4.90 Å². The van der Waals surface area contributed by atoms with Crippen molar-refractivity contribution in [1.29, 1.82) is 0 Å². The number of rotatable bonds is 8. The Morgan fingerprint density at radius 3 is 2.24 bits per heavy atom. The van der Waals surface area contributed by atoms with Crippen LogP contribution in [0.2, 0.25) is 0 Å². The summed E-state index contributed by atoms with van der Waals surface area (Å²) in [5.74, 6) is 0.604. The van der Waals surface area contributed by atoms with Gasteiger partial charge in [0.05, 0.1) is 19.1 Å². The second-order valence-corrected chi connectivity index (χ2v) is 8.49. The summed E-state index contributed by atoms with van der Waals surface area (Å²) < 4.78 is 51.1. The summed E-state index contributed by atoms with van der Waals surface area (Å²) in [5.41, 5.74) is 1.00. The van der Waals surface area contributed by atoms with E-state index in [1.807, 2.05) is 0 Å². The van der Waals surface area contributed by atoms with Gasteiger partial charge in [0.15, 0.2) is 11.5 Å². The topological polar surface area (TPSA) is 71.1 Å². The molecule has 0 amide bonds. The van der Waals surface area contributed by atoms with Crippen LogP contribution >= 0.6 is 0 Å². The van der Waals surface area contributed by atoms with Crippen LogP contribution < -0.4 is 19.1 Å². The van der Waals surface area contributed by atoms with Crippen LogP contribution in [0.25, 0.3) is 0 Å². The fourth-order valence-corrected chi connectivity index (χ4v) is 4.32. The molecule has 1 heterocycles. The Hall–Kier alpha value is -2.36. The van der Waals surface area contributed by atoms with Crippen LogP contribution in [0.3, 0.4) is 0 Å². The van der Waals surface area contributed by atoms with Gasteiger partial charge in [0.25, 0.3) is 0 Å². The Morgan fingerprint density at radius 2 is 1.62 bits per heavy atom. The van der Waals surface area contributed by atoms with E-state index in [0.29, 0.717) is 24.6 Å². The number of hydrogen-bond acceptors (Lipinski definition) is 6. The van der Waals surface area contributed by atoms with E-state index >= 15 is 0 Å². The highest BCUT2D eigenvalue weighted by molar-refractivity contribution is 7.89. The van der Waals surface area contributed by atoms with E-state index in [4.69, 9.17) is 9.47 Å². The fourth-order valence-electron chi connectivity index (χ4n) is 3.29. The van der Waals surface area contributed by atoms with Crippen molar-refractivity contribution in [2.45, 2.75) is 4.90 Å². The third kappa shape index (κ3) is 5.37. The molecule has 0 radical (unpaired) electrons. The average Bonchev–Trinajstić information content (AvgIpc) is 2.74. The zero-order valence-corrected chi connectivity index (χ0v) is 17.4. The van der Waals surface area contributed by atoms with E-state index in [0.717, 1.165) is 31.9 Å². The van der Waals surface area contributed by atoms with E-state index in [1.165, 1.54) is 38.5 Å². The molecule has 0 aliphatic carbocycles. The Labute approximate surface area is 171 Å². The van der Waals surface area contributed by atoms with Gasteiger partial charge in [0.2, 0.25) is 10.0 Å². The first kappa shape index (κ1) is 21.4. The molecule has 1 N–H and O–H groups in total. The number of nitrogens with one attached hydrogen (secondary N) is 1. The lowest BCUT2D eigenvalue weighted by molar-refractivity contribution is 0.262. The van der Waals surface area contributed by atoms with Crippen LogP contribution in [-0.4, -0.2) is 66.8 Å². The monoisotopic (exact) mass is 423 g/mol. The normalized spacial score (nSPS) is 15.3. The minimum atomic E-state index is -3.63. The Morgan fingerprint density at radius 1 is 0.966 bits per heavy atom. The first-order valence-electron chi connectivity index (χ1n) is 9.37. The van der Waals surface area contributed by atoms with Crippen LogP contribution in [0.15, 0.2) is 47.4 Å². The van der Waals surface area contributed by atoms with Crippen LogP contribution in [0.1, 0.15) is 0 Å². The molecule has 0 saturated carbocycles. The molecule has 29 heavy (non-hydrogen) atoms. The first-order valence-corrected chi connectivity index (χ1v) is 10.9. The third-order valence-electron chi connectivity index (χ3n) is 4.95. The number of halogens is 1. The molecule has 7 nitrogen and oxygen atoms in total. The van der Waals surface area contributed by atoms with Crippen molar-refractivity contribution in [1.82, 2.24) is 9.62 Å². The number of benzene rings is 2. The van der Waals surface area contributed by atoms with Crippen molar-refractivity contribution in [2.75, 3.05) is 58.4 Å². The number of methoxy groups -OCH3 is 2. The minimum Gasteiger partial charge on any atom is -0.493 e. The lowest BCUT2D eigenvalue weighted by Gasteiger charge is -2.36. The van der Waals surface area contributed by atoms with E-state index in [9.17, 15) is 12.8 Å². The highest BCUT2D eigenvalue weighted by Crippen LogP contribution is 2.29. The van der Waals surface area contributed by atoms with Crippen molar-refractivity contribution in [3.63, 3.8) is 0 Å². The first-order chi connectivity index (χ1) is 13.9. The van der Waals surface area contributed by atoms with Gasteiger partial charge in [-0.05, 0) is 36.4 Å². The van der Waals surface area contributed by atoms with Crippen molar-refractivity contribution in [3.05, 3.63) is 48.3 Å². The molecule has 1 saturated heterocycles. The molecular formula is C20H26FN3O4S. The number of anilines is 1. The Kier molecular flexibility index (Phi) is 6.94. The molecule has 0 unspecified atom stereocenters. The molecule has 1 fully saturated rings. The zero-order valence-electron chi connectivity index (χ0n) is 16.6. The number of ether oxygens (including phenoxy) is 2. The van der Waals surface area contributed by atoms with Crippen molar-refractivity contribution >= 4 is 15.7 Å². The van der Waals surface area contributed by atoms with E-state index in [-0.39, 0.29) is 10.7 Å². The van der Waals surface area contributed by atoms with Gasteiger partial charge in [0, 0.05) is 51.0 Å². The van der Waals surface area contributed by atoms with Crippen molar-refractivity contribution < 1.29 is 22.3 Å². The molecule has 158 valence electrons. The van der Waals surface area contributed by atoms with Gasteiger partial charge in [-0.15, -0.1) is 0 Å². The van der Waals surface area contributed by atoms with Crippen molar-refractivity contribution in [2.24, 2.45) is 0 Å². The molecule has 0 aromatic heterocycles. The molecule has 1 aliphatic heterocycles. The number of sulfonamides is 1. The number of piperazine rings is 1. The van der Waals surface area contributed by atoms with Crippen LogP contribution in [0.4, 0.5) is 10.1 Å². The van der Waals surface area contributed by atoms with Crippen LogP contribution in [-0.2, 0) is 10.0 Å². The average molecular weight is 424 g/mol. The maximum Gasteiger partial charge on any atom is 0.240 e. The largest absolute Gasteiger partial charge is 0.493 e. The maximum absolute atomic E-state index is 13.1. The molecule has 2 aromatic rings. The molecule has 0 bridgehead atoms. The lowest BCUT2D eigenvalue weighted by atomic mass is 10.2. The highest BCUT2D eigenvalue weighted by atomic mass is 32.2.